The van der Waals surface area contributed by atoms with Crippen LogP contribution in [0.3, 0.4) is 0 Å². The van der Waals surface area contributed by atoms with Crippen LogP contribution in [0.5, 0.6) is 0 Å². The normalized spacial score (nSPS) is 11.0. The van der Waals surface area contributed by atoms with Gasteiger partial charge in [0.25, 0.3) is 11.6 Å². The molecule has 0 aliphatic rings. The van der Waals surface area contributed by atoms with Crippen molar-refractivity contribution in [3.8, 4) is 17.4 Å². The van der Waals surface area contributed by atoms with Crippen molar-refractivity contribution in [3.63, 3.8) is 0 Å². The summed E-state index contributed by atoms with van der Waals surface area (Å²) in [5.41, 5.74) is 0.778. The lowest BCUT2D eigenvalue weighted by Gasteiger charge is -2.05. The molecule has 0 fully saturated rings. The van der Waals surface area contributed by atoms with Crippen LogP contribution >= 0.6 is 34.2 Å². The zero-order chi connectivity index (χ0) is 21.0. The third-order valence-electron chi connectivity index (χ3n) is 3.83. The third-order valence-corrected chi connectivity index (χ3v) is 5.08. The number of non-ortho nitro benzene ring substituents is 1. The summed E-state index contributed by atoms with van der Waals surface area (Å²) in [5, 5.41) is 23.0. The van der Waals surface area contributed by atoms with Gasteiger partial charge in [0.2, 0.25) is 0 Å². The lowest BCUT2D eigenvalue weighted by molar-refractivity contribution is -0.384. The molecule has 7 nitrogen and oxygen atoms in total. The van der Waals surface area contributed by atoms with Gasteiger partial charge in [-0.15, -0.1) is 0 Å². The van der Waals surface area contributed by atoms with E-state index in [4.69, 9.17) is 16.0 Å². The van der Waals surface area contributed by atoms with Crippen molar-refractivity contribution < 1.29 is 14.1 Å². The molecule has 1 amide bonds. The second-order valence-corrected chi connectivity index (χ2v) is 7.30. The molecule has 1 heterocycles. The molecule has 0 atom stereocenters. The number of hydrogen-bond acceptors (Lipinski definition) is 5. The Bertz CT molecular complexity index is 1180. The Morgan fingerprint density at radius 3 is 2.66 bits per heavy atom. The van der Waals surface area contributed by atoms with Gasteiger partial charge in [-0.3, -0.25) is 14.9 Å². The molecule has 0 unspecified atom stereocenters. The van der Waals surface area contributed by atoms with Crippen LogP contribution in [-0.4, -0.2) is 10.8 Å². The predicted molar refractivity (Wildman–Crippen MR) is 117 cm³/mol. The van der Waals surface area contributed by atoms with Gasteiger partial charge in [0.1, 0.15) is 23.2 Å². The number of nitriles is 1. The highest BCUT2D eigenvalue weighted by Crippen LogP contribution is 2.32. The van der Waals surface area contributed by atoms with E-state index in [1.54, 1.807) is 24.3 Å². The summed E-state index contributed by atoms with van der Waals surface area (Å²) in [4.78, 5) is 22.7. The Morgan fingerprint density at radius 2 is 2.00 bits per heavy atom. The number of rotatable bonds is 5. The maximum absolute atomic E-state index is 12.4. The number of hydrogen-bond donors (Lipinski definition) is 1. The van der Waals surface area contributed by atoms with Gasteiger partial charge in [-0.25, -0.2) is 0 Å². The van der Waals surface area contributed by atoms with Crippen LogP contribution in [0.25, 0.3) is 17.4 Å². The SMILES string of the molecule is N#CC(=Cc1ccc(-c2ccc([N+](=O)[O-])cc2Cl)o1)C(=O)Nc1ccccc1I. The fourth-order valence-electron chi connectivity index (χ4n) is 2.44. The second kappa shape index (κ2) is 8.89. The van der Waals surface area contributed by atoms with Crippen LogP contribution in [0.15, 0.2) is 64.6 Å². The Balaban J connectivity index is 1.84. The number of amides is 1. The molecule has 1 N–H and O–H groups in total. The minimum Gasteiger partial charge on any atom is -0.457 e. The first kappa shape index (κ1) is 20.6. The molecule has 9 heteroatoms. The van der Waals surface area contributed by atoms with E-state index in [0.29, 0.717) is 17.0 Å². The number of nitro benzene ring substituents is 1. The zero-order valence-corrected chi connectivity index (χ0v) is 17.5. The summed E-state index contributed by atoms with van der Waals surface area (Å²) in [6.45, 7) is 0. The van der Waals surface area contributed by atoms with Crippen molar-refractivity contribution in [1.82, 2.24) is 0 Å². The van der Waals surface area contributed by atoms with Crippen LogP contribution < -0.4 is 5.32 Å². The Hall–Kier alpha value is -3.16. The number of carbonyl (C=O) groups excluding carboxylic acids is 1. The Morgan fingerprint density at radius 1 is 1.24 bits per heavy atom. The van der Waals surface area contributed by atoms with E-state index in [0.717, 1.165) is 3.57 Å². The Labute approximate surface area is 183 Å². The molecule has 3 rings (SSSR count). The number of carbonyl (C=O) groups is 1. The monoisotopic (exact) mass is 519 g/mol. The fraction of sp³-hybridized carbons (Fsp3) is 0. The molecule has 144 valence electrons. The van der Waals surface area contributed by atoms with Gasteiger partial charge in [0, 0.05) is 27.3 Å². The number of halogens is 2. The van der Waals surface area contributed by atoms with Crippen molar-refractivity contribution in [1.29, 1.82) is 5.26 Å². The highest BCUT2D eigenvalue weighted by Gasteiger charge is 2.15. The number of furan rings is 1. The second-order valence-electron chi connectivity index (χ2n) is 5.73. The van der Waals surface area contributed by atoms with Gasteiger partial charge in [0.05, 0.1) is 15.6 Å². The molecule has 0 aliphatic carbocycles. The molecule has 0 radical (unpaired) electrons. The average Bonchev–Trinajstić information content (AvgIpc) is 3.16. The third kappa shape index (κ3) is 4.82. The van der Waals surface area contributed by atoms with Gasteiger partial charge in [-0.1, -0.05) is 23.7 Å². The van der Waals surface area contributed by atoms with Crippen molar-refractivity contribution in [3.05, 3.63) is 84.6 Å². The predicted octanol–water partition coefficient (Wildman–Crippen LogP) is 5.66. The molecule has 0 aliphatic heterocycles. The van der Waals surface area contributed by atoms with Gasteiger partial charge < -0.3 is 9.73 Å². The van der Waals surface area contributed by atoms with Gasteiger partial charge in [0.15, 0.2) is 0 Å². The summed E-state index contributed by atoms with van der Waals surface area (Å²) in [6.07, 6.45) is 1.31. The van der Waals surface area contributed by atoms with Crippen LogP contribution in [0.4, 0.5) is 11.4 Å². The minimum atomic E-state index is -0.567. The van der Waals surface area contributed by atoms with E-state index >= 15 is 0 Å². The summed E-state index contributed by atoms with van der Waals surface area (Å²) in [5.74, 6) is 0.0540. The maximum Gasteiger partial charge on any atom is 0.270 e. The molecule has 0 saturated heterocycles. The molecular formula is C20H11ClIN3O4. The van der Waals surface area contributed by atoms with Crippen LogP contribution in [0, 0.1) is 25.0 Å². The molecule has 29 heavy (non-hydrogen) atoms. The quantitative estimate of drug-likeness (QED) is 0.154. The van der Waals surface area contributed by atoms with Gasteiger partial charge in [-0.2, -0.15) is 5.26 Å². The summed E-state index contributed by atoms with van der Waals surface area (Å²) < 4.78 is 6.48. The largest absolute Gasteiger partial charge is 0.457 e. The van der Waals surface area contributed by atoms with E-state index in [-0.39, 0.29) is 22.0 Å². The van der Waals surface area contributed by atoms with E-state index in [2.05, 4.69) is 27.9 Å². The number of anilines is 1. The zero-order valence-electron chi connectivity index (χ0n) is 14.6. The standard InChI is InChI=1S/C20H11ClIN3O4/c21-16-10-13(25(27)28)5-7-15(16)19-8-6-14(29-19)9-12(11-23)20(26)24-18-4-2-1-3-17(18)22/h1-10H,(H,24,26). The van der Waals surface area contributed by atoms with Crippen LogP contribution in [-0.2, 0) is 4.79 Å². The average molecular weight is 520 g/mol. The number of nitrogens with one attached hydrogen (secondary N) is 1. The number of nitro groups is 1. The van der Waals surface area contributed by atoms with Crippen molar-refractivity contribution in [2.24, 2.45) is 0 Å². The molecular weight excluding hydrogens is 509 g/mol. The smallest absolute Gasteiger partial charge is 0.270 e. The lowest BCUT2D eigenvalue weighted by atomic mass is 10.1. The number of benzene rings is 2. The van der Waals surface area contributed by atoms with Gasteiger partial charge >= 0.3 is 0 Å². The van der Waals surface area contributed by atoms with E-state index < -0.39 is 10.8 Å². The molecule has 2 aromatic carbocycles. The first-order chi connectivity index (χ1) is 13.9. The van der Waals surface area contributed by atoms with E-state index in [1.807, 2.05) is 18.2 Å². The molecule has 1 aromatic heterocycles. The summed E-state index contributed by atoms with van der Waals surface area (Å²) in [7, 11) is 0. The van der Waals surface area contributed by atoms with Crippen molar-refractivity contribution in [2.75, 3.05) is 5.32 Å². The molecule has 0 saturated carbocycles. The summed E-state index contributed by atoms with van der Waals surface area (Å²) in [6, 6.07) is 16.2. The topological polar surface area (TPSA) is 109 Å². The number of nitrogens with zero attached hydrogens (tertiary/aromatic N) is 2. The number of para-hydroxylation sites is 1. The van der Waals surface area contributed by atoms with Crippen LogP contribution in [0.2, 0.25) is 5.02 Å². The van der Waals surface area contributed by atoms with Gasteiger partial charge in [-0.05, 0) is 52.9 Å². The fourth-order valence-corrected chi connectivity index (χ4v) is 3.23. The minimum absolute atomic E-state index is 0.135. The van der Waals surface area contributed by atoms with Crippen LogP contribution in [0.1, 0.15) is 5.76 Å². The first-order valence-electron chi connectivity index (χ1n) is 8.11. The van der Waals surface area contributed by atoms with Crippen molar-refractivity contribution in [2.45, 2.75) is 0 Å². The highest BCUT2D eigenvalue weighted by atomic mass is 127. The molecule has 0 spiro atoms. The first-order valence-corrected chi connectivity index (χ1v) is 9.56. The highest BCUT2D eigenvalue weighted by molar-refractivity contribution is 14.1. The van der Waals surface area contributed by atoms with Crippen molar-refractivity contribution >= 4 is 57.5 Å². The van der Waals surface area contributed by atoms with E-state index in [1.165, 1.54) is 24.3 Å². The maximum atomic E-state index is 12.4. The lowest BCUT2D eigenvalue weighted by Crippen LogP contribution is -2.14. The summed E-state index contributed by atoms with van der Waals surface area (Å²) >= 11 is 8.19. The Kier molecular flexibility index (Phi) is 6.31. The van der Waals surface area contributed by atoms with E-state index in [9.17, 15) is 20.2 Å². The molecule has 3 aromatic rings. The molecule has 0 bridgehead atoms.